The molecule has 0 aromatic rings. The largest absolute Gasteiger partial charge is 0.481 e. The Morgan fingerprint density at radius 2 is 2.00 bits per heavy atom. The molecule has 0 aromatic heterocycles. The molecule has 1 aliphatic carbocycles. The normalized spacial score (nSPS) is 24.6. The van der Waals surface area contributed by atoms with E-state index >= 15 is 0 Å². The third kappa shape index (κ3) is 4.37. The molecule has 102 valence electrons. The third-order valence-corrected chi connectivity index (χ3v) is 4.19. The van der Waals surface area contributed by atoms with Crippen LogP contribution in [0.5, 0.6) is 0 Å². The van der Waals surface area contributed by atoms with Crippen molar-refractivity contribution < 1.29 is 14.7 Å². The molecule has 0 saturated heterocycles. The van der Waals surface area contributed by atoms with E-state index in [1.54, 1.807) is 11.8 Å². The highest BCUT2D eigenvalue weighted by molar-refractivity contribution is 7.99. The molecule has 1 amide bonds. The molecule has 0 fully saturated rings. The number of allylic oxidation sites excluding steroid dienone is 2. The summed E-state index contributed by atoms with van der Waals surface area (Å²) in [6, 6.07) is 0.0859. The second kappa shape index (κ2) is 7.46. The molecule has 0 radical (unpaired) electrons. The van der Waals surface area contributed by atoms with Crippen molar-refractivity contribution in [2.24, 2.45) is 11.8 Å². The van der Waals surface area contributed by atoms with Crippen LogP contribution < -0.4 is 5.32 Å². The number of carbonyl (C=O) groups is 2. The second-order valence-electron chi connectivity index (χ2n) is 4.56. The second-order valence-corrected chi connectivity index (χ2v) is 5.88. The lowest BCUT2D eigenvalue weighted by Crippen LogP contribution is -2.43. The van der Waals surface area contributed by atoms with Gasteiger partial charge in [-0.05, 0) is 25.5 Å². The van der Waals surface area contributed by atoms with Crippen molar-refractivity contribution in [2.75, 3.05) is 11.5 Å². The lowest BCUT2D eigenvalue weighted by molar-refractivity contribution is -0.147. The van der Waals surface area contributed by atoms with Crippen LogP contribution in [0.2, 0.25) is 0 Å². The Morgan fingerprint density at radius 3 is 2.56 bits per heavy atom. The fraction of sp³-hybridized carbons (Fsp3) is 0.692. The quantitative estimate of drug-likeness (QED) is 0.724. The Balaban J connectivity index is 2.53. The van der Waals surface area contributed by atoms with Gasteiger partial charge < -0.3 is 10.4 Å². The van der Waals surface area contributed by atoms with Gasteiger partial charge in [0.25, 0.3) is 0 Å². The van der Waals surface area contributed by atoms with Crippen LogP contribution in [0, 0.1) is 11.8 Å². The van der Waals surface area contributed by atoms with Crippen molar-refractivity contribution in [2.45, 2.75) is 32.7 Å². The summed E-state index contributed by atoms with van der Waals surface area (Å²) in [6.07, 6.45) is 4.72. The Labute approximate surface area is 112 Å². The van der Waals surface area contributed by atoms with E-state index in [4.69, 9.17) is 5.11 Å². The molecule has 3 atom stereocenters. The van der Waals surface area contributed by atoms with Crippen LogP contribution in [0.3, 0.4) is 0 Å². The van der Waals surface area contributed by atoms with Gasteiger partial charge in [-0.2, -0.15) is 11.8 Å². The van der Waals surface area contributed by atoms with Gasteiger partial charge >= 0.3 is 5.97 Å². The van der Waals surface area contributed by atoms with Crippen molar-refractivity contribution in [3.05, 3.63) is 12.2 Å². The van der Waals surface area contributed by atoms with E-state index in [1.807, 2.05) is 19.1 Å². The van der Waals surface area contributed by atoms with Gasteiger partial charge in [-0.15, -0.1) is 0 Å². The summed E-state index contributed by atoms with van der Waals surface area (Å²) in [7, 11) is 0. The fourth-order valence-electron chi connectivity index (χ4n) is 2.06. The zero-order chi connectivity index (χ0) is 13.5. The maximum atomic E-state index is 12.1. The maximum Gasteiger partial charge on any atom is 0.307 e. The Kier molecular flexibility index (Phi) is 6.25. The Morgan fingerprint density at radius 1 is 1.39 bits per heavy atom. The number of nitrogens with one attached hydrogen (secondary N) is 1. The lowest BCUT2D eigenvalue weighted by Gasteiger charge is -2.25. The molecule has 5 heteroatoms. The minimum absolute atomic E-state index is 0.0859. The molecule has 4 nitrogen and oxygen atoms in total. The molecule has 0 aliphatic heterocycles. The molecule has 0 saturated carbocycles. The Hall–Kier alpha value is -0.970. The maximum absolute atomic E-state index is 12.1. The molecule has 0 bridgehead atoms. The minimum atomic E-state index is -0.880. The van der Waals surface area contributed by atoms with Crippen LogP contribution in [0.25, 0.3) is 0 Å². The topological polar surface area (TPSA) is 66.4 Å². The van der Waals surface area contributed by atoms with Crippen molar-refractivity contribution in [3.8, 4) is 0 Å². The predicted octanol–water partition coefficient (Wildman–Crippen LogP) is 1.91. The van der Waals surface area contributed by atoms with Crippen molar-refractivity contribution in [1.29, 1.82) is 0 Å². The van der Waals surface area contributed by atoms with E-state index in [1.165, 1.54) is 0 Å². The SMILES string of the molecule is CCSCC(C)NC(=O)[C@@H]1CC=CC[C@@H]1C(=O)O. The zero-order valence-corrected chi connectivity index (χ0v) is 11.7. The highest BCUT2D eigenvalue weighted by atomic mass is 32.2. The summed E-state index contributed by atoms with van der Waals surface area (Å²) >= 11 is 1.77. The average Bonchev–Trinajstić information content (AvgIpc) is 2.36. The van der Waals surface area contributed by atoms with Crippen LogP contribution in [-0.2, 0) is 9.59 Å². The summed E-state index contributed by atoms with van der Waals surface area (Å²) in [5.41, 5.74) is 0. The molecule has 18 heavy (non-hydrogen) atoms. The van der Waals surface area contributed by atoms with Crippen LogP contribution in [0.1, 0.15) is 26.7 Å². The monoisotopic (exact) mass is 271 g/mol. The summed E-state index contributed by atoms with van der Waals surface area (Å²) in [4.78, 5) is 23.2. The molecule has 2 N–H and O–H groups in total. The van der Waals surface area contributed by atoms with Crippen LogP contribution in [0.4, 0.5) is 0 Å². The van der Waals surface area contributed by atoms with Gasteiger partial charge in [0.2, 0.25) is 5.91 Å². The third-order valence-electron chi connectivity index (χ3n) is 3.05. The van der Waals surface area contributed by atoms with Gasteiger partial charge in [-0.3, -0.25) is 9.59 Å². The standard InChI is InChI=1S/C13H21NO3S/c1-3-18-8-9(2)14-12(15)10-6-4-5-7-11(10)13(16)17/h4-5,9-11H,3,6-8H2,1-2H3,(H,14,15)(H,16,17)/t9?,10-,11+/m1/s1. The van der Waals surface area contributed by atoms with Gasteiger partial charge in [-0.1, -0.05) is 19.1 Å². The van der Waals surface area contributed by atoms with Crippen molar-refractivity contribution in [1.82, 2.24) is 5.32 Å². The van der Waals surface area contributed by atoms with Crippen LogP contribution in [-0.4, -0.2) is 34.5 Å². The van der Waals surface area contributed by atoms with Gasteiger partial charge in [0.05, 0.1) is 11.8 Å². The smallest absolute Gasteiger partial charge is 0.307 e. The molecule has 0 heterocycles. The van der Waals surface area contributed by atoms with Crippen LogP contribution >= 0.6 is 11.8 Å². The summed E-state index contributed by atoms with van der Waals surface area (Å²) in [5.74, 6) is -0.138. The van der Waals surface area contributed by atoms with Gasteiger partial charge in [0.15, 0.2) is 0 Å². The highest BCUT2D eigenvalue weighted by Gasteiger charge is 2.34. The number of carbonyl (C=O) groups excluding carboxylic acids is 1. The number of thioether (sulfide) groups is 1. The van der Waals surface area contributed by atoms with Gasteiger partial charge in [-0.25, -0.2) is 0 Å². The summed E-state index contributed by atoms with van der Waals surface area (Å²) < 4.78 is 0. The first-order valence-corrected chi connectivity index (χ1v) is 7.47. The number of rotatable bonds is 6. The van der Waals surface area contributed by atoms with E-state index in [0.717, 1.165) is 11.5 Å². The first kappa shape index (κ1) is 15.1. The molecule has 0 aromatic carbocycles. The fourth-order valence-corrected chi connectivity index (χ4v) is 2.74. The number of carboxylic acids is 1. The number of hydrogen-bond donors (Lipinski definition) is 2. The lowest BCUT2D eigenvalue weighted by atomic mass is 9.82. The predicted molar refractivity (Wildman–Crippen MR) is 73.6 cm³/mol. The first-order valence-electron chi connectivity index (χ1n) is 6.32. The van der Waals surface area contributed by atoms with Gasteiger partial charge in [0, 0.05) is 11.8 Å². The van der Waals surface area contributed by atoms with E-state index < -0.39 is 17.8 Å². The molecular formula is C13H21NO3S. The van der Waals surface area contributed by atoms with E-state index in [9.17, 15) is 9.59 Å². The molecular weight excluding hydrogens is 250 g/mol. The van der Waals surface area contributed by atoms with Gasteiger partial charge in [0.1, 0.15) is 0 Å². The molecule has 1 unspecified atom stereocenters. The van der Waals surface area contributed by atoms with Crippen LogP contribution in [0.15, 0.2) is 12.2 Å². The Bertz CT molecular complexity index is 330. The first-order chi connectivity index (χ1) is 8.56. The molecule has 1 rings (SSSR count). The molecule has 0 spiro atoms. The number of hydrogen-bond acceptors (Lipinski definition) is 3. The van der Waals surface area contributed by atoms with E-state index in [-0.39, 0.29) is 11.9 Å². The number of carboxylic acid groups (broad SMARTS) is 1. The zero-order valence-electron chi connectivity index (χ0n) is 10.9. The summed E-state index contributed by atoms with van der Waals surface area (Å²) in [5, 5.41) is 12.0. The molecule has 1 aliphatic rings. The van der Waals surface area contributed by atoms with E-state index in [0.29, 0.717) is 12.8 Å². The minimum Gasteiger partial charge on any atom is -0.481 e. The summed E-state index contributed by atoms with van der Waals surface area (Å²) in [6.45, 7) is 4.03. The average molecular weight is 271 g/mol. The van der Waals surface area contributed by atoms with Crippen molar-refractivity contribution >= 4 is 23.6 Å². The number of aliphatic carboxylic acids is 1. The van der Waals surface area contributed by atoms with Crippen molar-refractivity contribution in [3.63, 3.8) is 0 Å². The van der Waals surface area contributed by atoms with E-state index in [2.05, 4.69) is 12.2 Å². The number of amides is 1. The highest BCUT2D eigenvalue weighted by Crippen LogP contribution is 2.26.